The van der Waals surface area contributed by atoms with Gasteiger partial charge in [0.2, 0.25) is 0 Å². The van der Waals surface area contributed by atoms with Crippen molar-refractivity contribution >= 4 is 11.0 Å². The summed E-state index contributed by atoms with van der Waals surface area (Å²) in [6.45, 7) is 5.24. The molecule has 0 saturated carbocycles. The minimum Gasteiger partial charge on any atom is -0.378 e. The Kier molecular flexibility index (Phi) is 3.60. The maximum Gasteiger partial charge on any atom is 0.113 e. The van der Waals surface area contributed by atoms with Gasteiger partial charge in [0.1, 0.15) is 11.1 Å². The standard InChI is InChI=1S/C16H22N4O2/c1-19-15-4-3-13(9-14(15)17-18-19)10-20-6-8-22-16(11-20)5-2-7-21-12-16/h3-4,9H,2,5-8,10-12H2,1H3. The van der Waals surface area contributed by atoms with Crippen LogP contribution in [0.4, 0.5) is 0 Å². The van der Waals surface area contributed by atoms with Crippen LogP contribution in [0.15, 0.2) is 18.2 Å². The highest BCUT2D eigenvalue weighted by molar-refractivity contribution is 5.74. The van der Waals surface area contributed by atoms with Crippen molar-refractivity contribution in [1.29, 1.82) is 0 Å². The zero-order chi connectivity index (χ0) is 15.0. The van der Waals surface area contributed by atoms with Crippen molar-refractivity contribution in [2.24, 2.45) is 7.05 Å². The fourth-order valence-electron chi connectivity index (χ4n) is 3.57. The van der Waals surface area contributed by atoms with Gasteiger partial charge in [0.05, 0.1) is 18.7 Å². The summed E-state index contributed by atoms with van der Waals surface area (Å²) >= 11 is 0. The van der Waals surface area contributed by atoms with E-state index in [1.54, 1.807) is 0 Å². The molecule has 0 amide bonds. The van der Waals surface area contributed by atoms with Crippen molar-refractivity contribution in [3.63, 3.8) is 0 Å². The van der Waals surface area contributed by atoms with E-state index in [9.17, 15) is 0 Å². The molecular weight excluding hydrogens is 280 g/mol. The van der Waals surface area contributed by atoms with E-state index in [4.69, 9.17) is 9.47 Å². The summed E-state index contributed by atoms with van der Waals surface area (Å²) in [6.07, 6.45) is 2.20. The maximum absolute atomic E-state index is 6.06. The fourth-order valence-corrected chi connectivity index (χ4v) is 3.57. The molecule has 2 aromatic rings. The molecular formula is C16H22N4O2. The van der Waals surface area contributed by atoms with E-state index < -0.39 is 0 Å². The highest BCUT2D eigenvalue weighted by Crippen LogP contribution is 2.28. The molecule has 1 aromatic carbocycles. The number of hydrogen-bond donors (Lipinski definition) is 0. The molecule has 0 bridgehead atoms. The van der Waals surface area contributed by atoms with Gasteiger partial charge in [0.25, 0.3) is 0 Å². The Balaban J connectivity index is 1.49. The molecule has 1 atom stereocenters. The molecule has 22 heavy (non-hydrogen) atoms. The van der Waals surface area contributed by atoms with Gasteiger partial charge < -0.3 is 9.47 Å². The fraction of sp³-hybridized carbons (Fsp3) is 0.625. The molecule has 2 aliphatic rings. The normalized spacial score (nSPS) is 26.8. The van der Waals surface area contributed by atoms with E-state index in [1.807, 2.05) is 11.7 Å². The monoisotopic (exact) mass is 302 g/mol. The van der Waals surface area contributed by atoms with Crippen molar-refractivity contribution in [3.05, 3.63) is 23.8 Å². The number of hydrogen-bond acceptors (Lipinski definition) is 5. The van der Waals surface area contributed by atoms with Crippen molar-refractivity contribution in [2.75, 3.05) is 32.9 Å². The molecule has 6 heteroatoms. The summed E-state index contributed by atoms with van der Waals surface area (Å²) in [6, 6.07) is 6.41. The predicted molar refractivity (Wildman–Crippen MR) is 82.5 cm³/mol. The second-order valence-electron chi connectivity index (χ2n) is 6.43. The van der Waals surface area contributed by atoms with Crippen LogP contribution in [-0.4, -0.2) is 58.4 Å². The van der Waals surface area contributed by atoms with Gasteiger partial charge >= 0.3 is 0 Å². The van der Waals surface area contributed by atoms with Crippen molar-refractivity contribution in [2.45, 2.75) is 25.0 Å². The van der Waals surface area contributed by atoms with Gasteiger partial charge in [-0.1, -0.05) is 11.3 Å². The molecule has 0 radical (unpaired) electrons. The SMILES string of the molecule is Cn1nnc2cc(CN3CCOC4(CCCOC4)C3)ccc21. The largest absolute Gasteiger partial charge is 0.378 e. The number of rotatable bonds is 2. The molecule has 0 N–H and O–H groups in total. The first-order valence-corrected chi connectivity index (χ1v) is 7.97. The number of aryl methyl sites for hydroxylation is 1. The topological polar surface area (TPSA) is 52.4 Å². The van der Waals surface area contributed by atoms with E-state index in [-0.39, 0.29) is 5.60 Å². The third kappa shape index (κ3) is 2.62. The van der Waals surface area contributed by atoms with Crippen LogP contribution in [-0.2, 0) is 23.1 Å². The predicted octanol–water partition coefficient (Wildman–Crippen LogP) is 1.35. The summed E-state index contributed by atoms with van der Waals surface area (Å²) in [7, 11) is 1.92. The van der Waals surface area contributed by atoms with Gasteiger partial charge in [-0.2, -0.15) is 0 Å². The first-order valence-electron chi connectivity index (χ1n) is 7.97. The number of aromatic nitrogens is 3. The zero-order valence-corrected chi connectivity index (χ0v) is 13.0. The van der Waals surface area contributed by atoms with Crippen LogP contribution in [0.5, 0.6) is 0 Å². The molecule has 2 aliphatic heterocycles. The smallest absolute Gasteiger partial charge is 0.113 e. The summed E-state index contributed by atoms with van der Waals surface area (Å²) < 4.78 is 13.5. The second kappa shape index (κ2) is 5.61. The molecule has 4 rings (SSSR count). The zero-order valence-electron chi connectivity index (χ0n) is 13.0. The van der Waals surface area contributed by atoms with Crippen molar-refractivity contribution in [3.8, 4) is 0 Å². The van der Waals surface area contributed by atoms with Crippen LogP contribution in [0, 0.1) is 0 Å². The molecule has 118 valence electrons. The molecule has 6 nitrogen and oxygen atoms in total. The second-order valence-corrected chi connectivity index (χ2v) is 6.43. The van der Waals surface area contributed by atoms with Crippen LogP contribution < -0.4 is 0 Å². The minimum atomic E-state index is -0.0901. The van der Waals surface area contributed by atoms with E-state index in [0.717, 1.165) is 63.3 Å². The molecule has 2 fully saturated rings. The lowest BCUT2D eigenvalue weighted by atomic mass is 9.94. The van der Waals surface area contributed by atoms with Gasteiger partial charge in [0, 0.05) is 33.3 Å². The molecule has 1 spiro atoms. The number of ether oxygens (including phenoxy) is 2. The molecule has 2 saturated heterocycles. The number of nitrogens with zero attached hydrogens (tertiary/aromatic N) is 4. The molecule has 1 aromatic heterocycles. The number of benzene rings is 1. The number of morpholine rings is 1. The lowest BCUT2D eigenvalue weighted by Gasteiger charge is -2.44. The Morgan fingerprint density at radius 1 is 1.32 bits per heavy atom. The van der Waals surface area contributed by atoms with Gasteiger partial charge in [0.15, 0.2) is 0 Å². The summed E-state index contributed by atoms with van der Waals surface area (Å²) in [4.78, 5) is 2.47. The van der Waals surface area contributed by atoms with Gasteiger partial charge in [-0.3, -0.25) is 4.90 Å². The van der Waals surface area contributed by atoms with Gasteiger partial charge in [-0.25, -0.2) is 4.68 Å². The van der Waals surface area contributed by atoms with Crippen LogP contribution in [0.3, 0.4) is 0 Å². The van der Waals surface area contributed by atoms with Crippen LogP contribution in [0.2, 0.25) is 0 Å². The maximum atomic E-state index is 6.06. The first-order chi connectivity index (χ1) is 10.7. The van der Waals surface area contributed by atoms with Crippen LogP contribution in [0.1, 0.15) is 18.4 Å². The van der Waals surface area contributed by atoms with Gasteiger partial charge in [-0.15, -0.1) is 5.10 Å². The highest BCUT2D eigenvalue weighted by Gasteiger charge is 2.38. The Bertz CT molecular complexity index is 658. The van der Waals surface area contributed by atoms with Gasteiger partial charge in [-0.05, 0) is 30.5 Å². The van der Waals surface area contributed by atoms with E-state index in [0.29, 0.717) is 0 Å². The Labute approximate surface area is 130 Å². The molecule has 3 heterocycles. The average molecular weight is 302 g/mol. The van der Waals surface area contributed by atoms with E-state index in [2.05, 4.69) is 33.4 Å². The first kappa shape index (κ1) is 14.1. The quantitative estimate of drug-likeness (QED) is 0.838. The van der Waals surface area contributed by atoms with Crippen molar-refractivity contribution in [1.82, 2.24) is 19.9 Å². The van der Waals surface area contributed by atoms with Crippen LogP contribution >= 0.6 is 0 Å². The number of fused-ring (bicyclic) bond motifs is 1. The molecule has 0 aliphatic carbocycles. The third-order valence-corrected chi connectivity index (χ3v) is 4.69. The average Bonchev–Trinajstić information content (AvgIpc) is 2.89. The summed E-state index contributed by atoms with van der Waals surface area (Å²) in [5, 5.41) is 8.27. The lowest BCUT2D eigenvalue weighted by Crippen LogP contribution is -2.55. The lowest BCUT2D eigenvalue weighted by molar-refractivity contribution is -0.169. The summed E-state index contributed by atoms with van der Waals surface area (Å²) in [5.41, 5.74) is 3.22. The van der Waals surface area contributed by atoms with E-state index in [1.165, 1.54) is 5.56 Å². The van der Waals surface area contributed by atoms with Crippen molar-refractivity contribution < 1.29 is 9.47 Å². The Morgan fingerprint density at radius 2 is 2.27 bits per heavy atom. The van der Waals surface area contributed by atoms with Crippen LogP contribution in [0.25, 0.3) is 11.0 Å². The highest BCUT2D eigenvalue weighted by atomic mass is 16.5. The Hall–Kier alpha value is -1.50. The Morgan fingerprint density at radius 3 is 3.14 bits per heavy atom. The molecule has 1 unspecified atom stereocenters. The summed E-state index contributed by atoms with van der Waals surface area (Å²) in [5.74, 6) is 0. The van der Waals surface area contributed by atoms with E-state index >= 15 is 0 Å². The minimum absolute atomic E-state index is 0.0901. The third-order valence-electron chi connectivity index (χ3n) is 4.69.